The first-order valence-electron chi connectivity index (χ1n) is 6.51. The first-order valence-corrected chi connectivity index (χ1v) is 7.74. The summed E-state index contributed by atoms with van der Waals surface area (Å²) in [6.07, 6.45) is 3.43. The molecule has 0 saturated carbocycles. The van der Waals surface area contributed by atoms with Gasteiger partial charge >= 0.3 is 0 Å². The van der Waals surface area contributed by atoms with E-state index in [1.807, 2.05) is 36.6 Å². The Bertz CT molecular complexity index is 872. The highest BCUT2D eigenvalue weighted by atomic mass is 32.2. The fourth-order valence-electron chi connectivity index (χ4n) is 2.09. The van der Waals surface area contributed by atoms with Gasteiger partial charge in [0.05, 0.1) is 5.52 Å². The Morgan fingerprint density at radius 3 is 2.64 bits per heavy atom. The number of rotatable bonds is 3. The van der Waals surface area contributed by atoms with Gasteiger partial charge in [0.2, 0.25) is 0 Å². The number of hydrogen-bond donors (Lipinski definition) is 0. The second-order valence-corrected chi connectivity index (χ2v) is 5.43. The van der Waals surface area contributed by atoms with Crippen LogP contribution in [-0.4, -0.2) is 11.2 Å². The molecule has 1 aromatic heterocycles. The molecule has 3 nitrogen and oxygen atoms in total. The average molecular weight is 310 g/mol. The Morgan fingerprint density at radius 2 is 1.95 bits per heavy atom. The third-order valence-corrected chi connectivity index (χ3v) is 3.92. The van der Waals surface area contributed by atoms with Gasteiger partial charge < -0.3 is 4.74 Å². The lowest BCUT2D eigenvalue weighted by Crippen LogP contribution is -1.93. The molecule has 0 bridgehead atoms. The summed E-state index contributed by atoms with van der Waals surface area (Å²) >= 11 is 1.63. The molecule has 0 radical (unpaired) electrons. The van der Waals surface area contributed by atoms with Gasteiger partial charge in [0.15, 0.2) is 5.75 Å². The van der Waals surface area contributed by atoms with Crippen LogP contribution >= 0.6 is 11.8 Å². The molecular formula is C17H11FN2OS. The Kier molecular flexibility index (Phi) is 3.94. The molecule has 5 heteroatoms. The fraction of sp³-hybridized carbons (Fsp3) is 0.0588. The van der Waals surface area contributed by atoms with E-state index in [0.29, 0.717) is 22.4 Å². The van der Waals surface area contributed by atoms with Crippen LogP contribution in [0.2, 0.25) is 0 Å². The summed E-state index contributed by atoms with van der Waals surface area (Å²) in [4.78, 5) is 5.26. The quantitative estimate of drug-likeness (QED) is 0.654. The highest BCUT2D eigenvalue weighted by Crippen LogP contribution is 2.33. The van der Waals surface area contributed by atoms with Crippen LogP contribution in [0.1, 0.15) is 5.56 Å². The number of hydrogen-bond acceptors (Lipinski definition) is 4. The van der Waals surface area contributed by atoms with E-state index in [-0.39, 0.29) is 5.56 Å². The van der Waals surface area contributed by atoms with Crippen molar-refractivity contribution in [3.8, 4) is 17.6 Å². The topological polar surface area (TPSA) is 45.9 Å². The minimum atomic E-state index is -0.396. The van der Waals surface area contributed by atoms with Crippen LogP contribution in [0.5, 0.6) is 11.5 Å². The molecule has 22 heavy (non-hydrogen) atoms. The third-order valence-electron chi connectivity index (χ3n) is 3.18. The van der Waals surface area contributed by atoms with E-state index in [0.717, 1.165) is 4.90 Å². The zero-order valence-corrected chi connectivity index (χ0v) is 12.5. The molecule has 2 aromatic carbocycles. The van der Waals surface area contributed by atoms with Crippen molar-refractivity contribution in [3.63, 3.8) is 0 Å². The van der Waals surface area contributed by atoms with Crippen LogP contribution in [0.4, 0.5) is 4.39 Å². The standard InChI is InChI=1S/C17H11FN2OS/c1-22-14-5-3-13(4-6-14)21-17-11(9-19)10-20-16-7-2-12(18)8-15(16)17/h2-8,10H,1H3. The molecule has 0 atom stereocenters. The molecule has 0 aliphatic rings. The smallest absolute Gasteiger partial charge is 0.156 e. The van der Waals surface area contributed by atoms with Crippen LogP contribution in [-0.2, 0) is 0 Å². The van der Waals surface area contributed by atoms with Crippen LogP contribution in [0.3, 0.4) is 0 Å². The van der Waals surface area contributed by atoms with E-state index in [2.05, 4.69) is 4.98 Å². The number of fused-ring (bicyclic) bond motifs is 1. The number of aromatic nitrogens is 1. The Morgan fingerprint density at radius 1 is 1.18 bits per heavy atom. The first-order chi connectivity index (χ1) is 10.7. The van der Waals surface area contributed by atoms with Gasteiger partial charge in [0.1, 0.15) is 23.2 Å². The highest BCUT2D eigenvalue weighted by molar-refractivity contribution is 7.98. The summed E-state index contributed by atoms with van der Waals surface area (Å²) in [6.45, 7) is 0. The molecular weight excluding hydrogens is 299 g/mol. The van der Waals surface area contributed by atoms with Crippen molar-refractivity contribution in [2.75, 3.05) is 6.26 Å². The van der Waals surface area contributed by atoms with E-state index < -0.39 is 5.82 Å². The van der Waals surface area contributed by atoms with E-state index in [9.17, 15) is 9.65 Å². The van der Waals surface area contributed by atoms with Crippen LogP contribution < -0.4 is 4.74 Å². The van der Waals surface area contributed by atoms with Crippen molar-refractivity contribution < 1.29 is 9.13 Å². The highest BCUT2D eigenvalue weighted by Gasteiger charge is 2.12. The van der Waals surface area contributed by atoms with E-state index in [4.69, 9.17) is 4.74 Å². The Balaban J connectivity index is 2.11. The minimum Gasteiger partial charge on any atom is -0.455 e. The van der Waals surface area contributed by atoms with Gasteiger partial charge in [0, 0.05) is 16.5 Å². The predicted octanol–water partition coefficient (Wildman–Crippen LogP) is 4.76. The molecule has 108 valence electrons. The van der Waals surface area contributed by atoms with Gasteiger partial charge in [-0.05, 0) is 48.7 Å². The maximum atomic E-state index is 13.5. The summed E-state index contributed by atoms with van der Waals surface area (Å²) in [5, 5.41) is 9.72. The number of nitrogens with zero attached hydrogens (tertiary/aromatic N) is 2. The van der Waals surface area contributed by atoms with E-state index in [1.165, 1.54) is 18.3 Å². The number of ether oxygens (including phenoxy) is 1. The average Bonchev–Trinajstić information content (AvgIpc) is 2.56. The van der Waals surface area contributed by atoms with Gasteiger partial charge in [-0.3, -0.25) is 4.98 Å². The van der Waals surface area contributed by atoms with Crippen molar-refractivity contribution in [1.82, 2.24) is 4.98 Å². The van der Waals surface area contributed by atoms with Gasteiger partial charge in [-0.1, -0.05) is 0 Å². The predicted molar refractivity (Wildman–Crippen MR) is 84.7 cm³/mol. The maximum absolute atomic E-state index is 13.5. The summed E-state index contributed by atoms with van der Waals surface area (Å²) in [6, 6.07) is 13.8. The van der Waals surface area contributed by atoms with E-state index >= 15 is 0 Å². The zero-order chi connectivity index (χ0) is 15.5. The Labute approximate surface area is 131 Å². The number of thioether (sulfide) groups is 1. The number of benzene rings is 2. The van der Waals surface area contributed by atoms with Gasteiger partial charge in [-0.15, -0.1) is 11.8 Å². The van der Waals surface area contributed by atoms with Crippen LogP contribution in [0.25, 0.3) is 10.9 Å². The van der Waals surface area contributed by atoms with Gasteiger partial charge in [0.25, 0.3) is 0 Å². The van der Waals surface area contributed by atoms with Crippen molar-refractivity contribution in [2.24, 2.45) is 0 Å². The number of pyridine rings is 1. The molecule has 1 heterocycles. The lowest BCUT2D eigenvalue weighted by atomic mass is 10.1. The van der Waals surface area contributed by atoms with Crippen molar-refractivity contribution in [2.45, 2.75) is 4.90 Å². The molecule has 0 aliphatic heterocycles. The number of halogens is 1. The second-order valence-electron chi connectivity index (χ2n) is 4.55. The van der Waals surface area contributed by atoms with Crippen molar-refractivity contribution in [1.29, 1.82) is 5.26 Å². The van der Waals surface area contributed by atoms with Gasteiger partial charge in [-0.2, -0.15) is 5.26 Å². The molecule has 0 saturated heterocycles. The van der Waals surface area contributed by atoms with E-state index in [1.54, 1.807) is 17.8 Å². The van der Waals surface area contributed by atoms with Gasteiger partial charge in [-0.25, -0.2) is 4.39 Å². The molecule has 0 unspecified atom stereocenters. The summed E-state index contributed by atoms with van der Waals surface area (Å²) < 4.78 is 19.4. The molecule has 0 spiro atoms. The maximum Gasteiger partial charge on any atom is 0.156 e. The monoisotopic (exact) mass is 310 g/mol. The zero-order valence-electron chi connectivity index (χ0n) is 11.7. The normalized spacial score (nSPS) is 10.4. The first kappa shape index (κ1) is 14.4. The Hall–Kier alpha value is -2.58. The largest absolute Gasteiger partial charge is 0.455 e. The minimum absolute atomic E-state index is 0.270. The lowest BCUT2D eigenvalue weighted by molar-refractivity contribution is 0.485. The number of nitriles is 1. The fourth-order valence-corrected chi connectivity index (χ4v) is 2.50. The second kappa shape index (κ2) is 6.04. The summed E-state index contributed by atoms with van der Waals surface area (Å²) in [5.41, 5.74) is 0.850. The molecule has 0 N–H and O–H groups in total. The summed E-state index contributed by atoms with van der Waals surface area (Å²) in [7, 11) is 0. The summed E-state index contributed by atoms with van der Waals surface area (Å²) in [5.74, 6) is 0.516. The van der Waals surface area contributed by atoms with Crippen molar-refractivity contribution >= 4 is 22.7 Å². The molecule has 0 fully saturated rings. The lowest BCUT2D eigenvalue weighted by Gasteiger charge is -2.10. The van der Waals surface area contributed by atoms with Crippen LogP contribution in [0.15, 0.2) is 53.6 Å². The van der Waals surface area contributed by atoms with Crippen molar-refractivity contribution in [3.05, 3.63) is 60.0 Å². The van der Waals surface area contributed by atoms with Crippen LogP contribution in [0, 0.1) is 17.1 Å². The molecule has 3 aromatic rings. The molecule has 0 amide bonds. The molecule has 3 rings (SSSR count). The third kappa shape index (κ3) is 2.74. The SMILES string of the molecule is CSc1ccc(Oc2c(C#N)cnc3ccc(F)cc23)cc1. The molecule has 0 aliphatic carbocycles.